The fraction of sp³-hybridized carbons (Fsp3) is 0.409. The van der Waals surface area contributed by atoms with Gasteiger partial charge in [0, 0.05) is 11.8 Å². The Hall–Kier alpha value is -2.16. The molecule has 152 valence electrons. The highest BCUT2D eigenvalue weighted by Gasteiger charge is 2.57. The van der Waals surface area contributed by atoms with E-state index in [1.54, 1.807) is 18.3 Å². The molecule has 5 rings (SSSR count). The lowest BCUT2D eigenvalue weighted by Gasteiger charge is -2.34. The summed E-state index contributed by atoms with van der Waals surface area (Å²) in [6, 6.07) is 13.8. The number of benzene rings is 2. The molecule has 7 heteroatoms. The standard InChI is InChI=1S/C22H22FNO5/c1-22(2)28-19-18-17(26-21(19)29-22)12-25-20(27-18)14-5-3-4-13(10-14)11-24-16-8-6-15(23)7-9-16/h3-11,17-21H,12H2,1-2H3/t17-,18+,19-,20?,21-/m1/s1. The first kappa shape index (κ1) is 18.8. The lowest BCUT2D eigenvalue weighted by atomic mass is 10.1. The van der Waals surface area contributed by atoms with E-state index < -0.39 is 18.4 Å². The zero-order valence-electron chi connectivity index (χ0n) is 16.2. The van der Waals surface area contributed by atoms with E-state index in [4.69, 9.17) is 23.7 Å². The van der Waals surface area contributed by atoms with E-state index in [2.05, 4.69) is 4.99 Å². The normalized spacial score (nSPS) is 33.0. The second-order valence-electron chi connectivity index (χ2n) is 7.81. The molecule has 3 aliphatic rings. The molecule has 0 aliphatic carbocycles. The van der Waals surface area contributed by atoms with Crippen molar-refractivity contribution >= 4 is 11.9 Å². The largest absolute Gasteiger partial charge is 0.346 e. The summed E-state index contributed by atoms with van der Waals surface area (Å²) in [4.78, 5) is 4.39. The van der Waals surface area contributed by atoms with E-state index in [0.717, 1.165) is 11.1 Å². The Bertz CT molecular complexity index is 916. The fourth-order valence-electron chi connectivity index (χ4n) is 3.85. The number of halogens is 1. The molecule has 5 atom stereocenters. The van der Waals surface area contributed by atoms with Crippen molar-refractivity contribution in [3.63, 3.8) is 0 Å². The van der Waals surface area contributed by atoms with E-state index in [-0.39, 0.29) is 24.1 Å². The third-order valence-corrected chi connectivity index (χ3v) is 5.15. The monoisotopic (exact) mass is 399 g/mol. The van der Waals surface area contributed by atoms with Gasteiger partial charge in [0.15, 0.2) is 18.4 Å². The molecule has 0 spiro atoms. The SMILES string of the molecule is CC1(C)O[C@H]2O[C@@H]3COC(c4cccc(C=Nc5ccc(F)cc5)c4)O[C@@H]3[C@H]2O1. The number of ether oxygens (including phenoxy) is 5. The van der Waals surface area contributed by atoms with Crippen molar-refractivity contribution < 1.29 is 28.1 Å². The molecule has 3 heterocycles. The molecule has 3 aliphatic heterocycles. The van der Waals surface area contributed by atoms with Gasteiger partial charge in [-0.1, -0.05) is 18.2 Å². The summed E-state index contributed by atoms with van der Waals surface area (Å²) in [6.07, 6.45) is 0.0388. The molecule has 0 bridgehead atoms. The van der Waals surface area contributed by atoms with Gasteiger partial charge in [-0.2, -0.15) is 0 Å². The minimum Gasteiger partial charge on any atom is -0.346 e. The molecule has 6 nitrogen and oxygen atoms in total. The molecular weight excluding hydrogens is 377 g/mol. The van der Waals surface area contributed by atoms with Crippen LogP contribution in [0.25, 0.3) is 0 Å². The maximum absolute atomic E-state index is 13.0. The van der Waals surface area contributed by atoms with E-state index in [1.807, 2.05) is 38.1 Å². The van der Waals surface area contributed by atoms with E-state index in [1.165, 1.54) is 12.1 Å². The van der Waals surface area contributed by atoms with Crippen LogP contribution in [-0.4, -0.2) is 43.2 Å². The zero-order valence-corrected chi connectivity index (χ0v) is 16.2. The van der Waals surface area contributed by atoms with Gasteiger partial charge in [-0.15, -0.1) is 0 Å². The Morgan fingerprint density at radius 3 is 2.69 bits per heavy atom. The number of hydrogen-bond donors (Lipinski definition) is 0. The molecule has 0 aromatic heterocycles. The summed E-state index contributed by atoms with van der Waals surface area (Å²) in [7, 11) is 0. The van der Waals surface area contributed by atoms with Gasteiger partial charge in [-0.05, 0) is 49.7 Å². The predicted octanol–water partition coefficient (Wildman–Crippen LogP) is 3.87. The molecule has 0 radical (unpaired) electrons. The van der Waals surface area contributed by atoms with Crippen LogP contribution in [0.1, 0.15) is 31.3 Å². The van der Waals surface area contributed by atoms with Crippen LogP contribution in [0.3, 0.4) is 0 Å². The summed E-state index contributed by atoms with van der Waals surface area (Å²) in [5, 5.41) is 0. The van der Waals surface area contributed by atoms with Crippen LogP contribution in [0.4, 0.5) is 10.1 Å². The number of hydrogen-bond acceptors (Lipinski definition) is 6. The molecule has 0 saturated carbocycles. The molecule has 0 amide bonds. The second-order valence-corrected chi connectivity index (χ2v) is 7.81. The van der Waals surface area contributed by atoms with E-state index in [9.17, 15) is 4.39 Å². The van der Waals surface area contributed by atoms with Gasteiger partial charge < -0.3 is 23.7 Å². The third kappa shape index (κ3) is 3.84. The highest BCUT2D eigenvalue weighted by molar-refractivity contribution is 5.82. The van der Waals surface area contributed by atoms with Crippen LogP contribution in [0.2, 0.25) is 0 Å². The molecule has 2 aromatic rings. The number of aliphatic imine (C=N–C) groups is 1. The lowest BCUT2D eigenvalue weighted by molar-refractivity contribution is -0.285. The second kappa shape index (κ2) is 7.27. The van der Waals surface area contributed by atoms with Gasteiger partial charge in [-0.25, -0.2) is 4.39 Å². The first-order chi connectivity index (χ1) is 14.0. The van der Waals surface area contributed by atoms with Crippen molar-refractivity contribution in [2.75, 3.05) is 6.61 Å². The van der Waals surface area contributed by atoms with Crippen molar-refractivity contribution in [3.8, 4) is 0 Å². The first-order valence-corrected chi connectivity index (χ1v) is 9.65. The van der Waals surface area contributed by atoms with Crippen molar-refractivity contribution in [1.82, 2.24) is 0 Å². The van der Waals surface area contributed by atoms with Crippen LogP contribution < -0.4 is 0 Å². The van der Waals surface area contributed by atoms with Crippen LogP contribution in [0.15, 0.2) is 53.5 Å². The quantitative estimate of drug-likeness (QED) is 0.734. The highest BCUT2D eigenvalue weighted by atomic mass is 19.1. The number of rotatable bonds is 3. The summed E-state index contributed by atoms with van der Waals surface area (Å²) < 4.78 is 42.7. The maximum Gasteiger partial charge on any atom is 0.190 e. The molecule has 3 fully saturated rings. The predicted molar refractivity (Wildman–Crippen MR) is 102 cm³/mol. The summed E-state index contributed by atoms with van der Waals surface area (Å²) >= 11 is 0. The Labute approximate surface area is 168 Å². The first-order valence-electron chi connectivity index (χ1n) is 9.65. The van der Waals surface area contributed by atoms with Crippen molar-refractivity contribution in [1.29, 1.82) is 0 Å². The topological polar surface area (TPSA) is 58.5 Å². The molecule has 29 heavy (non-hydrogen) atoms. The van der Waals surface area contributed by atoms with Gasteiger partial charge in [0.1, 0.15) is 24.1 Å². The lowest BCUT2D eigenvalue weighted by Crippen LogP contribution is -2.44. The molecular formula is C22H22FNO5. The summed E-state index contributed by atoms with van der Waals surface area (Å²) in [5.74, 6) is -0.970. The molecule has 3 saturated heterocycles. The minimum atomic E-state index is -0.686. The smallest absolute Gasteiger partial charge is 0.190 e. The maximum atomic E-state index is 13.0. The van der Waals surface area contributed by atoms with E-state index in [0.29, 0.717) is 12.3 Å². The zero-order chi connectivity index (χ0) is 20.0. The molecule has 1 unspecified atom stereocenters. The van der Waals surface area contributed by atoms with Gasteiger partial charge in [-0.3, -0.25) is 4.99 Å². The van der Waals surface area contributed by atoms with Gasteiger partial charge in [0.2, 0.25) is 0 Å². The Kier molecular flexibility index (Phi) is 4.72. The Morgan fingerprint density at radius 1 is 1.03 bits per heavy atom. The van der Waals surface area contributed by atoms with Gasteiger partial charge >= 0.3 is 0 Å². The van der Waals surface area contributed by atoms with Crippen LogP contribution in [0.5, 0.6) is 0 Å². The van der Waals surface area contributed by atoms with Crippen LogP contribution in [0, 0.1) is 5.82 Å². The average molecular weight is 399 g/mol. The third-order valence-electron chi connectivity index (χ3n) is 5.15. The van der Waals surface area contributed by atoms with Crippen molar-refractivity contribution in [2.24, 2.45) is 4.99 Å². The van der Waals surface area contributed by atoms with Crippen molar-refractivity contribution in [3.05, 3.63) is 65.5 Å². The highest BCUT2D eigenvalue weighted by Crippen LogP contribution is 2.42. The number of nitrogens with zero attached hydrogens (tertiary/aromatic N) is 1. The van der Waals surface area contributed by atoms with Crippen LogP contribution in [-0.2, 0) is 23.7 Å². The van der Waals surface area contributed by atoms with E-state index >= 15 is 0 Å². The fourth-order valence-corrected chi connectivity index (χ4v) is 3.85. The number of fused-ring (bicyclic) bond motifs is 3. The summed E-state index contributed by atoms with van der Waals surface area (Å²) in [5.41, 5.74) is 2.45. The Morgan fingerprint density at radius 2 is 1.86 bits per heavy atom. The van der Waals surface area contributed by atoms with Crippen LogP contribution >= 0.6 is 0 Å². The molecule has 2 aromatic carbocycles. The molecule has 0 N–H and O–H groups in total. The van der Waals surface area contributed by atoms with Gasteiger partial charge in [0.25, 0.3) is 0 Å². The minimum absolute atomic E-state index is 0.208. The van der Waals surface area contributed by atoms with Crippen molar-refractivity contribution in [2.45, 2.75) is 50.5 Å². The Balaban J connectivity index is 1.30. The summed E-state index contributed by atoms with van der Waals surface area (Å²) in [6.45, 7) is 4.14. The average Bonchev–Trinajstić information content (AvgIpc) is 3.19. The van der Waals surface area contributed by atoms with Gasteiger partial charge in [0.05, 0.1) is 12.3 Å².